The molecule has 0 amide bonds. The second-order valence-corrected chi connectivity index (χ2v) is 6.42. The van der Waals surface area contributed by atoms with Gasteiger partial charge in [-0.25, -0.2) is 0 Å². The van der Waals surface area contributed by atoms with Gasteiger partial charge in [-0.3, -0.25) is 0 Å². The number of ether oxygens (including phenoxy) is 4. The molecule has 0 N–H and O–H groups in total. The Kier molecular flexibility index (Phi) is 25.8. The Morgan fingerprint density at radius 2 is 1.04 bits per heavy atom. The quantitative estimate of drug-likeness (QED) is 0.224. The van der Waals surface area contributed by atoms with Gasteiger partial charge in [-0.1, -0.05) is 66.2 Å². The van der Waals surface area contributed by atoms with Crippen LogP contribution in [-0.4, -0.2) is 40.0 Å². The number of unbranched alkanes of at least 4 members (excludes halogenated alkanes) is 5. The minimum Gasteiger partial charge on any atom is -0.356 e. The Balaban J connectivity index is 0. The Labute approximate surface area is 157 Å². The molecular weight excluding hydrogens is 316 g/mol. The molecule has 4 nitrogen and oxygen atoms in total. The predicted molar refractivity (Wildman–Crippen MR) is 107 cm³/mol. The van der Waals surface area contributed by atoms with E-state index in [1.54, 1.807) is 14.2 Å². The summed E-state index contributed by atoms with van der Waals surface area (Å²) in [5.41, 5.74) is 0. The van der Waals surface area contributed by atoms with Crippen LogP contribution < -0.4 is 0 Å². The lowest BCUT2D eigenvalue weighted by molar-refractivity contribution is -0.147. The van der Waals surface area contributed by atoms with Gasteiger partial charge in [-0.15, -0.1) is 0 Å². The van der Waals surface area contributed by atoms with Crippen LogP contribution >= 0.6 is 0 Å². The molecule has 0 aliphatic rings. The lowest BCUT2D eigenvalue weighted by Gasteiger charge is -2.18. The molecule has 0 bridgehead atoms. The molecule has 0 rings (SSSR count). The Bertz CT molecular complexity index is 210. The molecule has 0 heterocycles. The van der Waals surface area contributed by atoms with Gasteiger partial charge in [0.15, 0.2) is 12.6 Å². The molecule has 0 saturated carbocycles. The number of rotatable bonds is 17. The van der Waals surface area contributed by atoms with Crippen molar-refractivity contribution in [1.29, 1.82) is 0 Å². The number of hydrogen-bond donors (Lipinski definition) is 0. The first-order chi connectivity index (χ1) is 12.2. The van der Waals surface area contributed by atoms with Gasteiger partial charge in [-0.05, 0) is 32.1 Å². The highest BCUT2D eigenvalue weighted by molar-refractivity contribution is 4.49. The molecule has 4 heteroatoms. The maximum Gasteiger partial charge on any atom is 0.157 e. The molecule has 0 atom stereocenters. The highest BCUT2D eigenvalue weighted by Crippen LogP contribution is 2.11. The summed E-state index contributed by atoms with van der Waals surface area (Å²) in [5, 5.41) is 0. The summed E-state index contributed by atoms with van der Waals surface area (Å²) in [7, 11) is 3.31. The lowest BCUT2D eigenvalue weighted by Crippen LogP contribution is -2.18. The molecule has 0 aliphatic heterocycles. The van der Waals surface area contributed by atoms with Crippen LogP contribution in [0.5, 0.6) is 0 Å². The monoisotopic (exact) mass is 362 g/mol. The van der Waals surface area contributed by atoms with Crippen LogP contribution in [0.4, 0.5) is 0 Å². The summed E-state index contributed by atoms with van der Waals surface area (Å²) in [4.78, 5) is 0. The summed E-state index contributed by atoms with van der Waals surface area (Å²) in [6.07, 6.45) is 13.0. The summed E-state index contributed by atoms with van der Waals surface area (Å²) >= 11 is 0. The molecule has 0 fully saturated rings. The number of methoxy groups -OCH3 is 2. The second-order valence-electron chi connectivity index (χ2n) is 6.42. The molecule has 0 spiro atoms. The summed E-state index contributed by atoms with van der Waals surface area (Å²) in [5.74, 6) is 0. The van der Waals surface area contributed by atoms with Gasteiger partial charge < -0.3 is 18.9 Å². The van der Waals surface area contributed by atoms with Crippen molar-refractivity contribution in [3.63, 3.8) is 0 Å². The van der Waals surface area contributed by atoms with Crippen molar-refractivity contribution in [3.05, 3.63) is 0 Å². The zero-order valence-electron chi connectivity index (χ0n) is 18.0. The van der Waals surface area contributed by atoms with E-state index in [-0.39, 0.29) is 12.6 Å². The molecule has 25 heavy (non-hydrogen) atoms. The van der Waals surface area contributed by atoms with Gasteiger partial charge in [0.05, 0.1) is 0 Å². The zero-order chi connectivity index (χ0) is 19.2. The molecule has 0 unspecified atom stereocenters. The normalized spacial score (nSPS) is 11.0. The molecule has 0 aromatic rings. The topological polar surface area (TPSA) is 36.9 Å². The van der Waals surface area contributed by atoms with E-state index in [0.29, 0.717) is 0 Å². The van der Waals surface area contributed by atoms with Crippen molar-refractivity contribution in [2.24, 2.45) is 0 Å². The average molecular weight is 363 g/mol. The van der Waals surface area contributed by atoms with Crippen molar-refractivity contribution in [2.45, 2.75) is 111 Å². The fourth-order valence-electron chi connectivity index (χ4n) is 2.24. The maximum atomic E-state index is 5.79. The predicted octanol–water partition coefficient (Wildman–Crippen LogP) is 6.32. The van der Waals surface area contributed by atoms with Gasteiger partial charge in [0.2, 0.25) is 0 Å². The van der Waals surface area contributed by atoms with Crippen LogP contribution in [-0.2, 0) is 18.9 Å². The van der Waals surface area contributed by atoms with Gasteiger partial charge in [0.1, 0.15) is 0 Å². The summed E-state index contributed by atoms with van der Waals surface area (Å²) in [6.45, 7) is 10.4. The first-order valence-corrected chi connectivity index (χ1v) is 10.5. The van der Waals surface area contributed by atoms with Crippen molar-refractivity contribution in [1.82, 2.24) is 0 Å². The van der Waals surface area contributed by atoms with E-state index in [2.05, 4.69) is 27.7 Å². The minimum absolute atomic E-state index is 0.000000000000000444. The smallest absolute Gasteiger partial charge is 0.157 e. The SMILES string of the molecule is CCCC(OC)OC.CCCCCCC(OCCCC)OCCCC. The minimum atomic E-state index is -0.000000000000000444. The van der Waals surface area contributed by atoms with Gasteiger partial charge in [0, 0.05) is 27.4 Å². The third kappa shape index (κ3) is 21.8. The second kappa shape index (κ2) is 23.8. The van der Waals surface area contributed by atoms with Gasteiger partial charge in [0.25, 0.3) is 0 Å². The molecule has 0 aliphatic carbocycles. The number of hydrogen-bond acceptors (Lipinski definition) is 4. The van der Waals surface area contributed by atoms with Crippen LogP contribution in [0.3, 0.4) is 0 Å². The fourth-order valence-corrected chi connectivity index (χ4v) is 2.24. The first kappa shape index (κ1) is 27.1. The molecule has 154 valence electrons. The molecule has 0 aromatic carbocycles. The Hall–Kier alpha value is -0.160. The van der Waals surface area contributed by atoms with Crippen molar-refractivity contribution >= 4 is 0 Å². The van der Waals surface area contributed by atoms with E-state index >= 15 is 0 Å². The first-order valence-electron chi connectivity index (χ1n) is 10.5. The van der Waals surface area contributed by atoms with E-state index in [9.17, 15) is 0 Å². The van der Waals surface area contributed by atoms with Crippen molar-refractivity contribution in [2.75, 3.05) is 27.4 Å². The third-order valence-electron chi connectivity index (χ3n) is 3.95. The average Bonchev–Trinajstić information content (AvgIpc) is 2.63. The highest BCUT2D eigenvalue weighted by Gasteiger charge is 2.08. The largest absolute Gasteiger partial charge is 0.356 e. The summed E-state index contributed by atoms with van der Waals surface area (Å²) < 4.78 is 21.4. The van der Waals surface area contributed by atoms with Gasteiger partial charge >= 0.3 is 0 Å². The Morgan fingerprint density at radius 3 is 1.40 bits per heavy atom. The highest BCUT2D eigenvalue weighted by atomic mass is 16.7. The van der Waals surface area contributed by atoms with E-state index in [1.165, 1.54) is 38.5 Å². The molecule has 0 radical (unpaired) electrons. The van der Waals surface area contributed by atoms with E-state index < -0.39 is 0 Å². The maximum absolute atomic E-state index is 5.79. The van der Waals surface area contributed by atoms with Crippen molar-refractivity contribution < 1.29 is 18.9 Å². The van der Waals surface area contributed by atoms with E-state index in [4.69, 9.17) is 18.9 Å². The van der Waals surface area contributed by atoms with E-state index in [1.807, 2.05) is 0 Å². The van der Waals surface area contributed by atoms with E-state index in [0.717, 1.165) is 45.3 Å². The van der Waals surface area contributed by atoms with Crippen molar-refractivity contribution in [3.8, 4) is 0 Å². The molecular formula is C21H46O4. The van der Waals surface area contributed by atoms with Crippen LogP contribution in [0.1, 0.15) is 98.3 Å². The van der Waals surface area contributed by atoms with Crippen LogP contribution in [0, 0.1) is 0 Å². The third-order valence-corrected chi connectivity index (χ3v) is 3.95. The zero-order valence-corrected chi connectivity index (χ0v) is 18.0. The summed E-state index contributed by atoms with van der Waals surface area (Å²) in [6, 6.07) is 0. The standard InChI is InChI=1S/C15H32O2.C6H14O2/c1-4-7-10-11-12-15(16-13-8-5-2)17-14-9-6-3;1-4-5-6(7-2)8-3/h15H,4-14H2,1-3H3;6H,4-5H2,1-3H3. The fraction of sp³-hybridized carbons (Fsp3) is 1.00. The molecule has 0 saturated heterocycles. The van der Waals surface area contributed by atoms with Crippen LogP contribution in [0.2, 0.25) is 0 Å². The van der Waals surface area contributed by atoms with Crippen LogP contribution in [0.25, 0.3) is 0 Å². The molecule has 0 aromatic heterocycles. The lowest BCUT2D eigenvalue weighted by atomic mass is 10.1. The Morgan fingerprint density at radius 1 is 0.520 bits per heavy atom. The van der Waals surface area contributed by atoms with Gasteiger partial charge in [-0.2, -0.15) is 0 Å². The van der Waals surface area contributed by atoms with Crippen LogP contribution in [0.15, 0.2) is 0 Å².